The molecule has 5 nitrogen and oxygen atoms in total. The van der Waals surface area contributed by atoms with E-state index in [1.165, 1.54) is 15.7 Å². The standard InChI is InChI=1S/C19H13ClN4OS/c20-17-15(7-6-12-3-2-8-22-10-12)23-19-24(18(17)25)16(11-26-19)13-4-1-5-14(21)9-13/h1-11H,21H2. The van der Waals surface area contributed by atoms with Crippen LogP contribution in [0.25, 0.3) is 28.4 Å². The van der Waals surface area contributed by atoms with Crippen molar-refractivity contribution in [3.05, 3.63) is 80.8 Å². The minimum absolute atomic E-state index is 0.0752. The number of nitrogen functional groups attached to an aromatic ring is 1. The number of hydrogen-bond donors (Lipinski definition) is 1. The largest absolute Gasteiger partial charge is 0.399 e. The van der Waals surface area contributed by atoms with E-state index in [9.17, 15) is 4.79 Å². The molecule has 0 amide bonds. The first-order chi connectivity index (χ1) is 12.6. The van der Waals surface area contributed by atoms with Crippen LogP contribution in [0.3, 0.4) is 0 Å². The molecule has 4 rings (SSSR count). The molecule has 4 aromatic rings. The molecule has 1 aromatic carbocycles. The van der Waals surface area contributed by atoms with E-state index in [4.69, 9.17) is 17.3 Å². The van der Waals surface area contributed by atoms with E-state index in [-0.39, 0.29) is 10.6 Å². The third-order valence-electron chi connectivity index (χ3n) is 3.84. The molecule has 0 aliphatic heterocycles. The van der Waals surface area contributed by atoms with Crippen LogP contribution in [0.4, 0.5) is 5.69 Å². The number of halogens is 1. The topological polar surface area (TPSA) is 73.3 Å². The second kappa shape index (κ2) is 6.74. The van der Waals surface area contributed by atoms with Crippen molar-refractivity contribution in [2.24, 2.45) is 0 Å². The fraction of sp³-hybridized carbons (Fsp3) is 0. The third-order valence-corrected chi connectivity index (χ3v) is 5.02. The Labute approximate surface area is 158 Å². The monoisotopic (exact) mass is 380 g/mol. The van der Waals surface area contributed by atoms with E-state index in [0.29, 0.717) is 16.3 Å². The van der Waals surface area contributed by atoms with E-state index in [2.05, 4.69) is 9.97 Å². The third kappa shape index (κ3) is 3.00. The van der Waals surface area contributed by atoms with Gasteiger partial charge in [0.2, 0.25) is 0 Å². The number of fused-ring (bicyclic) bond motifs is 1. The van der Waals surface area contributed by atoms with Gasteiger partial charge in [0.25, 0.3) is 5.56 Å². The van der Waals surface area contributed by atoms with Crippen LogP contribution in [-0.4, -0.2) is 14.4 Å². The summed E-state index contributed by atoms with van der Waals surface area (Å²) in [6, 6.07) is 11.1. The number of anilines is 1. The van der Waals surface area contributed by atoms with Crippen LogP contribution in [0.2, 0.25) is 5.02 Å². The summed E-state index contributed by atoms with van der Waals surface area (Å²) in [5.74, 6) is 0. The smallest absolute Gasteiger partial charge is 0.278 e. The number of benzene rings is 1. The zero-order valence-corrected chi connectivity index (χ0v) is 15.0. The van der Waals surface area contributed by atoms with Gasteiger partial charge in [-0.2, -0.15) is 0 Å². The van der Waals surface area contributed by atoms with Crippen molar-refractivity contribution in [1.29, 1.82) is 0 Å². The van der Waals surface area contributed by atoms with Gasteiger partial charge in [-0.1, -0.05) is 35.9 Å². The number of rotatable bonds is 3. The highest BCUT2D eigenvalue weighted by Crippen LogP contribution is 2.27. The molecule has 0 spiro atoms. The van der Waals surface area contributed by atoms with Gasteiger partial charge in [0, 0.05) is 29.0 Å². The fourth-order valence-electron chi connectivity index (χ4n) is 2.60. The highest BCUT2D eigenvalue weighted by Gasteiger charge is 2.14. The van der Waals surface area contributed by atoms with Crippen LogP contribution in [0, 0.1) is 0 Å². The maximum absolute atomic E-state index is 12.8. The van der Waals surface area contributed by atoms with Crippen LogP contribution in [0.5, 0.6) is 0 Å². The zero-order valence-electron chi connectivity index (χ0n) is 13.5. The molecule has 0 aliphatic carbocycles. The van der Waals surface area contributed by atoms with Crippen molar-refractivity contribution in [3.63, 3.8) is 0 Å². The summed E-state index contributed by atoms with van der Waals surface area (Å²) in [6.07, 6.45) is 6.97. The first-order valence-electron chi connectivity index (χ1n) is 7.77. The Morgan fingerprint density at radius 1 is 1.19 bits per heavy atom. The van der Waals surface area contributed by atoms with Crippen molar-refractivity contribution in [2.45, 2.75) is 0 Å². The number of nitrogens with zero attached hydrogens (tertiary/aromatic N) is 3. The highest BCUT2D eigenvalue weighted by molar-refractivity contribution is 7.15. The van der Waals surface area contributed by atoms with E-state index in [1.807, 2.05) is 41.8 Å². The maximum Gasteiger partial charge on any atom is 0.278 e. The van der Waals surface area contributed by atoms with Gasteiger partial charge in [0.05, 0.1) is 11.4 Å². The van der Waals surface area contributed by atoms with Crippen molar-refractivity contribution in [3.8, 4) is 11.3 Å². The van der Waals surface area contributed by atoms with Crippen molar-refractivity contribution >= 4 is 45.7 Å². The summed E-state index contributed by atoms with van der Waals surface area (Å²) in [5.41, 5.74) is 9.08. The Kier molecular flexibility index (Phi) is 4.28. The van der Waals surface area contributed by atoms with Crippen LogP contribution in [0.15, 0.2) is 59.0 Å². The molecule has 26 heavy (non-hydrogen) atoms. The van der Waals surface area contributed by atoms with Gasteiger partial charge in [0.15, 0.2) is 4.96 Å². The Morgan fingerprint density at radius 2 is 2.08 bits per heavy atom. The maximum atomic E-state index is 12.8. The second-order valence-corrected chi connectivity index (χ2v) is 6.81. The minimum atomic E-state index is -0.304. The molecule has 0 unspecified atom stereocenters. The van der Waals surface area contributed by atoms with Gasteiger partial charge in [-0.25, -0.2) is 9.38 Å². The summed E-state index contributed by atoms with van der Waals surface area (Å²) in [4.78, 5) is 22.0. The molecule has 128 valence electrons. The molecule has 0 bridgehead atoms. The van der Waals surface area contributed by atoms with Crippen LogP contribution >= 0.6 is 22.9 Å². The lowest BCUT2D eigenvalue weighted by molar-refractivity contribution is 1.08. The molecule has 7 heteroatoms. The van der Waals surface area contributed by atoms with Gasteiger partial charge in [-0.3, -0.25) is 9.78 Å². The first kappa shape index (κ1) is 16.5. The Balaban J connectivity index is 1.84. The molecular formula is C19H13ClN4OS. The quantitative estimate of drug-likeness (QED) is 0.540. The van der Waals surface area contributed by atoms with Crippen LogP contribution < -0.4 is 11.3 Å². The number of aromatic nitrogens is 3. The number of hydrogen-bond acceptors (Lipinski definition) is 5. The van der Waals surface area contributed by atoms with E-state index in [0.717, 1.165) is 16.8 Å². The van der Waals surface area contributed by atoms with Crippen LogP contribution in [0.1, 0.15) is 11.3 Å². The summed E-state index contributed by atoms with van der Waals surface area (Å²) >= 11 is 7.68. The van der Waals surface area contributed by atoms with Gasteiger partial charge in [-0.05, 0) is 29.8 Å². The van der Waals surface area contributed by atoms with E-state index in [1.54, 1.807) is 24.5 Å². The normalized spacial score (nSPS) is 11.4. The Hall–Kier alpha value is -2.96. The predicted molar refractivity (Wildman–Crippen MR) is 107 cm³/mol. The highest BCUT2D eigenvalue weighted by atomic mass is 35.5. The van der Waals surface area contributed by atoms with Gasteiger partial charge < -0.3 is 5.73 Å². The number of thiazole rings is 1. The first-order valence-corrected chi connectivity index (χ1v) is 9.03. The second-order valence-electron chi connectivity index (χ2n) is 5.60. The summed E-state index contributed by atoms with van der Waals surface area (Å²) in [7, 11) is 0. The minimum Gasteiger partial charge on any atom is -0.399 e. The molecule has 2 N–H and O–H groups in total. The average molecular weight is 381 g/mol. The lowest BCUT2D eigenvalue weighted by Gasteiger charge is -2.04. The number of nitrogens with two attached hydrogens (primary N) is 1. The molecule has 0 radical (unpaired) electrons. The SMILES string of the molecule is Nc1cccc(-c2csc3nc(C=Cc4cccnc4)c(Cl)c(=O)n23)c1. The Bertz CT molecular complexity index is 1180. The average Bonchev–Trinajstić information content (AvgIpc) is 3.08. The van der Waals surface area contributed by atoms with E-state index >= 15 is 0 Å². The molecule has 3 aromatic heterocycles. The predicted octanol–water partition coefficient (Wildman–Crippen LogP) is 4.22. The lowest BCUT2D eigenvalue weighted by Crippen LogP contribution is -2.16. The molecule has 3 heterocycles. The summed E-state index contributed by atoms with van der Waals surface area (Å²) in [5, 5.41) is 1.95. The van der Waals surface area contributed by atoms with Crippen molar-refractivity contribution in [1.82, 2.24) is 14.4 Å². The Morgan fingerprint density at radius 3 is 2.85 bits per heavy atom. The lowest BCUT2D eigenvalue weighted by atomic mass is 10.1. The molecule has 0 aliphatic rings. The molecular weight excluding hydrogens is 368 g/mol. The van der Waals surface area contributed by atoms with Gasteiger partial charge in [-0.15, -0.1) is 11.3 Å². The van der Waals surface area contributed by atoms with E-state index < -0.39 is 0 Å². The van der Waals surface area contributed by atoms with Crippen molar-refractivity contribution in [2.75, 3.05) is 5.73 Å². The molecule has 0 saturated carbocycles. The van der Waals surface area contributed by atoms with Crippen molar-refractivity contribution < 1.29 is 0 Å². The van der Waals surface area contributed by atoms with Crippen LogP contribution in [-0.2, 0) is 0 Å². The zero-order chi connectivity index (χ0) is 18.1. The molecule has 0 fully saturated rings. The molecule has 0 saturated heterocycles. The molecule has 0 atom stereocenters. The fourth-order valence-corrected chi connectivity index (χ4v) is 3.69. The number of pyridine rings is 1. The van der Waals surface area contributed by atoms with Gasteiger partial charge >= 0.3 is 0 Å². The summed E-state index contributed by atoms with van der Waals surface area (Å²) < 4.78 is 1.52. The van der Waals surface area contributed by atoms with Gasteiger partial charge in [0.1, 0.15) is 5.02 Å². The summed E-state index contributed by atoms with van der Waals surface area (Å²) in [6.45, 7) is 0.